The van der Waals surface area contributed by atoms with Crippen molar-refractivity contribution in [3.8, 4) is 0 Å². The van der Waals surface area contributed by atoms with Crippen molar-refractivity contribution in [2.75, 3.05) is 11.9 Å². The second-order valence-electron chi connectivity index (χ2n) is 3.45. The third kappa shape index (κ3) is 2.84. The molecule has 0 radical (unpaired) electrons. The zero-order valence-electron chi connectivity index (χ0n) is 10.1. The average Bonchev–Trinajstić information content (AvgIpc) is 2.95. The quantitative estimate of drug-likeness (QED) is 0.777. The molecule has 0 unspecified atom stereocenters. The number of rotatable bonds is 5. The van der Waals surface area contributed by atoms with Gasteiger partial charge in [0.2, 0.25) is 0 Å². The molecule has 2 aromatic heterocycles. The Morgan fingerprint density at radius 2 is 2.44 bits per heavy atom. The molecule has 2 aromatic rings. The molecule has 2 rings (SSSR count). The minimum absolute atomic E-state index is 0.133. The molecule has 8 heteroatoms. The zero-order chi connectivity index (χ0) is 13.0. The van der Waals surface area contributed by atoms with E-state index in [0.29, 0.717) is 19.0 Å². The second kappa shape index (κ2) is 5.30. The van der Waals surface area contributed by atoms with E-state index in [1.165, 1.54) is 6.26 Å². The van der Waals surface area contributed by atoms with Crippen molar-refractivity contribution < 1.29 is 13.9 Å². The topological polar surface area (TPSA) is 95.1 Å². The highest BCUT2D eigenvalue weighted by atomic mass is 16.5. The van der Waals surface area contributed by atoms with Gasteiger partial charge in [0.25, 0.3) is 6.01 Å². The molecule has 0 aliphatic heterocycles. The van der Waals surface area contributed by atoms with Gasteiger partial charge < -0.3 is 14.5 Å². The van der Waals surface area contributed by atoms with Crippen LogP contribution in [0.3, 0.4) is 0 Å². The highest BCUT2D eigenvalue weighted by molar-refractivity contribution is 5.87. The molecule has 8 nitrogen and oxygen atoms in total. The Kier molecular flexibility index (Phi) is 3.56. The van der Waals surface area contributed by atoms with Crippen LogP contribution in [0.25, 0.3) is 0 Å². The first-order chi connectivity index (χ1) is 8.69. The van der Waals surface area contributed by atoms with Gasteiger partial charge in [0.05, 0.1) is 13.2 Å². The fraction of sp³-hybridized carbons (Fsp3) is 0.400. The molecule has 0 amide bonds. The van der Waals surface area contributed by atoms with Crippen molar-refractivity contribution in [3.05, 3.63) is 24.1 Å². The Balaban J connectivity index is 1.92. The number of carbonyl (C=O) groups excluding carboxylic acids is 1. The molecule has 0 aliphatic rings. The lowest BCUT2D eigenvalue weighted by molar-refractivity contribution is 0.0519. The minimum atomic E-state index is -0.509. The van der Waals surface area contributed by atoms with Gasteiger partial charge in [-0.2, -0.15) is 10.1 Å². The monoisotopic (exact) mass is 251 g/mol. The molecule has 0 bridgehead atoms. The van der Waals surface area contributed by atoms with Gasteiger partial charge in [-0.25, -0.2) is 9.78 Å². The third-order valence-electron chi connectivity index (χ3n) is 2.03. The number of hydrogen-bond acceptors (Lipinski definition) is 7. The van der Waals surface area contributed by atoms with E-state index in [1.807, 2.05) is 0 Å². The number of aromatic nitrogens is 4. The highest BCUT2D eigenvalue weighted by Gasteiger charge is 2.13. The van der Waals surface area contributed by atoms with Gasteiger partial charge in [-0.15, -0.1) is 0 Å². The number of ether oxygens (including phenoxy) is 1. The molecule has 0 fully saturated rings. The lowest BCUT2D eigenvalue weighted by atomic mass is 10.5. The lowest BCUT2D eigenvalue weighted by Gasteiger charge is -1.96. The molecule has 0 aliphatic carbocycles. The number of nitrogens with zero attached hydrogens (tertiary/aromatic N) is 4. The summed E-state index contributed by atoms with van der Waals surface area (Å²) in [5.41, 5.74) is 0.133. The van der Waals surface area contributed by atoms with E-state index in [4.69, 9.17) is 9.15 Å². The maximum Gasteiger partial charge on any atom is 0.360 e. The molecule has 0 aromatic carbocycles. The summed E-state index contributed by atoms with van der Waals surface area (Å²) in [5.74, 6) is 0.0960. The Labute approximate surface area is 103 Å². The molecule has 0 atom stereocenters. The van der Waals surface area contributed by atoms with E-state index in [-0.39, 0.29) is 11.7 Å². The number of hydrogen-bond donors (Lipinski definition) is 1. The molecule has 18 heavy (non-hydrogen) atoms. The van der Waals surface area contributed by atoms with Crippen LogP contribution >= 0.6 is 0 Å². The predicted octanol–water partition coefficient (Wildman–Crippen LogP) is 0.592. The van der Waals surface area contributed by atoms with E-state index in [0.717, 1.165) is 0 Å². The third-order valence-corrected chi connectivity index (χ3v) is 2.03. The average molecular weight is 251 g/mol. The normalized spacial score (nSPS) is 10.3. The second-order valence-corrected chi connectivity index (χ2v) is 3.45. The van der Waals surface area contributed by atoms with Crippen LogP contribution in [-0.2, 0) is 18.3 Å². The SMILES string of the molecule is CCOC(=O)c1coc(NCc2ncn(C)n2)n1. The van der Waals surface area contributed by atoms with Gasteiger partial charge in [-0.3, -0.25) is 4.68 Å². The first-order valence-electron chi connectivity index (χ1n) is 5.40. The number of nitrogens with one attached hydrogen (secondary N) is 1. The first kappa shape index (κ1) is 12.1. The Morgan fingerprint density at radius 1 is 1.61 bits per heavy atom. The van der Waals surface area contributed by atoms with Gasteiger partial charge in [0.15, 0.2) is 11.5 Å². The first-order valence-corrected chi connectivity index (χ1v) is 5.40. The summed E-state index contributed by atoms with van der Waals surface area (Å²) in [5, 5.41) is 6.95. The minimum Gasteiger partial charge on any atom is -0.461 e. The van der Waals surface area contributed by atoms with Gasteiger partial charge in [-0.1, -0.05) is 0 Å². The molecular weight excluding hydrogens is 238 g/mol. The number of oxazole rings is 1. The van der Waals surface area contributed by atoms with Crippen molar-refractivity contribution in [1.82, 2.24) is 19.7 Å². The van der Waals surface area contributed by atoms with Crippen molar-refractivity contribution in [2.24, 2.45) is 7.05 Å². The van der Waals surface area contributed by atoms with Crippen LogP contribution in [0.1, 0.15) is 23.2 Å². The smallest absolute Gasteiger partial charge is 0.360 e. The van der Waals surface area contributed by atoms with Gasteiger partial charge >= 0.3 is 5.97 Å². The summed E-state index contributed by atoms with van der Waals surface area (Å²) in [7, 11) is 1.78. The van der Waals surface area contributed by atoms with Crippen LogP contribution in [0, 0.1) is 0 Å². The number of carbonyl (C=O) groups is 1. The van der Waals surface area contributed by atoms with E-state index in [9.17, 15) is 4.79 Å². The maximum absolute atomic E-state index is 11.3. The summed E-state index contributed by atoms with van der Waals surface area (Å²) in [4.78, 5) is 19.3. The standard InChI is InChI=1S/C10H13N5O3/c1-3-17-9(16)7-5-18-10(13-7)11-4-8-12-6-15(2)14-8/h5-6H,3-4H2,1-2H3,(H,11,13). The number of aryl methyl sites for hydroxylation is 1. The molecular formula is C10H13N5O3. The summed E-state index contributed by atoms with van der Waals surface area (Å²) >= 11 is 0. The molecule has 0 saturated heterocycles. The van der Waals surface area contributed by atoms with Crippen molar-refractivity contribution in [1.29, 1.82) is 0 Å². The summed E-state index contributed by atoms with van der Waals surface area (Å²) < 4.78 is 11.5. The molecule has 2 heterocycles. The van der Waals surface area contributed by atoms with Gasteiger partial charge in [0, 0.05) is 7.05 Å². The summed E-state index contributed by atoms with van der Waals surface area (Å²) in [6, 6.07) is 0.227. The van der Waals surface area contributed by atoms with Crippen LogP contribution in [0.4, 0.5) is 6.01 Å². The van der Waals surface area contributed by atoms with Gasteiger partial charge in [0.1, 0.15) is 12.6 Å². The van der Waals surface area contributed by atoms with Crippen LogP contribution in [0.15, 0.2) is 17.0 Å². The Bertz CT molecular complexity index is 533. The maximum atomic E-state index is 11.3. The van der Waals surface area contributed by atoms with Crippen molar-refractivity contribution in [2.45, 2.75) is 13.5 Å². The number of anilines is 1. The highest BCUT2D eigenvalue weighted by Crippen LogP contribution is 2.09. The van der Waals surface area contributed by atoms with Gasteiger partial charge in [-0.05, 0) is 6.92 Å². The molecule has 0 saturated carbocycles. The number of esters is 1. The van der Waals surface area contributed by atoms with Crippen LogP contribution < -0.4 is 5.32 Å². The molecule has 96 valence electrons. The van der Waals surface area contributed by atoms with Crippen molar-refractivity contribution in [3.63, 3.8) is 0 Å². The molecule has 0 spiro atoms. The Hall–Kier alpha value is -2.38. The van der Waals surface area contributed by atoms with Crippen LogP contribution in [0.5, 0.6) is 0 Å². The Morgan fingerprint density at radius 3 is 3.11 bits per heavy atom. The fourth-order valence-corrected chi connectivity index (χ4v) is 1.27. The van der Waals surface area contributed by atoms with E-state index >= 15 is 0 Å². The lowest BCUT2D eigenvalue weighted by Crippen LogP contribution is -2.06. The van der Waals surface area contributed by atoms with Crippen molar-refractivity contribution >= 4 is 12.0 Å². The van der Waals surface area contributed by atoms with E-state index in [1.54, 1.807) is 25.0 Å². The van der Waals surface area contributed by atoms with Crippen LogP contribution in [-0.4, -0.2) is 32.3 Å². The van der Waals surface area contributed by atoms with Crippen LogP contribution in [0.2, 0.25) is 0 Å². The summed E-state index contributed by atoms with van der Waals surface area (Å²) in [6.45, 7) is 2.39. The van der Waals surface area contributed by atoms with E-state index < -0.39 is 5.97 Å². The predicted molar refractivity (Wildman–Crippen MR) is 60.8 cm³/mol. The van der Waals surface area contributed by atoms with E-state index in [2.05, 4.69) is 20.4 Å². The zero-order valence-corrected chi connectivity index (χ0v) is 10.1. The summed E-state index contributed by atoms with van der Waals surface area (Å²) in [6.07, 6.45) is 2.84. The molecule has 1 N–H and O–H groups in total. The fourth-order valence-electron chi connectivity index (χ4n) is 1.27. The largest absolute Gasteiger partial charge is 0.461 e.